The molecule has 0 aliphatic carbocycles. The van der Waals surface area contributed by atoms with Crippen LogP contribution in [0.5, 0.6) is 0 Å². The van der Waals surface area contributed by atoms with Gasteiger partial charge in [-0.2, -0.15) is 0 Å². The van der Waals surface area contributed by atoms with Gasteiger partial charge in [0.15, 0.2) is 6.23 Å². The third-order valence-corrected chi connectivity index (χ3v) is 6.01. The van der Waals surface area contributed by atoms with Crippen molar-refractivity contribution in [2.24, 2.45) is 0 Å². The van der Waals surface area contributed by atoms with Gasteiger partial charge in [-0.15, -0.1) is 11.8 Å². The fraction of sp³-hybridized carbons (Fsp3) is 0.316. The second-order valence-corrected chi connectivity index (χ2v) is 7.21. The molecule has 2 aliphatic rings. The van der Waals surface area contributed by atoms with Crippen LogP contribution in [-0.2, 0) is 11.3 Å². The second-order valence-electron chi connectivity index (χ2n) is 6.09. The number of ether oxygens (including phenoxy) is 1. The van der Waals surface area contributed by atoms with Crippen LogP contribution in [0.3, 0.4) is 0 Å². The number of methoxy groups -OCH3 is 1. The van der Waals surface area contributed by atoms with E-state index in [1.165, 1.54) is 5.56 Å². The number of rotatable bonds is 4. The third kappa shape index (κ3) is 2.58. The van der Waals surface area contributed by atoms with E-state index in [1.807, 2.05) is 70.1 Å². The van der Waals surface area contributed by atoms with Crippen molar-refractivity contribution in [2.45, 2.75) is 24.2 Å². The number of benzene rings is 2. The summed E-state index contributed by atoms with van der Waals surface area (Å²) in [5.41, 5.74) is 2.30. The highest BCUT2D eigenvalue weighted by Gasteiger charge is 2.52. The summed E-state index contributed by atoms with van der Waals surface area (Å²) in [7, 11) is 1.69. The van der Waals surface area contributed by atoms with E-state index in [0.29, 0.717) is 6.54 Å². The van der Waals surface area contributed by atoms with E-state index in [1.54, 1.807) is 7.11 Å². The van der Waals surface area contributed by atoms with Gasteiger partial charge in [0.25, 0.3) is 0 Å². The summed E-state index contributed by atoms with van der Waals surface area (Å²) in [6.07, 6.45) is -0.195. The Kier molecular flexibility index (Phi) is 4.21. The van der Waals surface area contributed by atoms with Crippen molar-refractivity contribution in [2.75, 3.05) is 12.9 Å². The summed E-state index contributed by atoms with van der Waals surface area (Å²) >= 11 is 1.82. The number of hydrogen-bond donors (Lipinski definition) is 0. The molecule has 2 heterocycles. The lowest BCUT2D eigenvalue weighted by molar-refractivity contribution is -0.00580. The SMILES string of the molecule is COC1[C@@H]2CSC(c3ccccc3)N2C(=O)N1Cc1ccccc1. The maximum absolute atomic E-state index is 13.1. The quantitative estimate of drug-likeness (QED) is 0.850. The summed E-state index contributed by atoms with van der Waals surface area (Å²) in [5.74, 6) is 0.898. The molecule has 0 N–H and O–H groups in total. The van der Waals surface area contributed by atoms with Gasteiger partial charge in [0.2, 0.25) is 0 Å². The lowest BCUT2D eigenvalue weighted by Crippen LogP contribution is -2.38. The molecule has 3 atom stereocenters. The minimum atomic E-state index is -0.195. The first-order valence-electron chi connectivity index (χ1n) is 8.12. The van der Waals surface area contributed by atoms with Crippen LogP contribution in [0.15, 0.2) is 60.7 Å². The molecule has 2 aromatic carbocycles. The van der Waals surface area contributed by atoms with E-state index < -0.39 is 0 Å². The highest BCUT2D eigenvalue weighted by molar-refractivity contribution is 7.99. The van der Waals surface area contributed by atoms with Gasteiger partial charge in [-0.1, -0.05) is 60.7 Å². The van der Waals surface area contributed by atoms with E-state index in [4.69, 9.17) is 4.74 Å². The lowest BCUT2D eigenvalue weighted by atomic mass is 10.2. The summed E-state index contributed by atoms with van der Waals surface area (Å²) in [6.45, 7) is 0.581. The summed E-state index contributed by atoms with van der Waals surface area (Å²) in [4.78, 5) is 17.0. The van der Waals surface area contributed by atoms with Crippen molar-refractivity contribution in [1.29, 1.82) is 0 Å². The fourth-order valence-electron chi connectivity index (χ4n) is 3.55. The van der Waals surface area contributed by atoms with E-state index in [9.17, 15) is 4.79 Å². The van der Waals surface area contributed by atoms with Gasteiger partial charge >= 0.3 is 6.03 Å². The highest BCUT2D eigenvalue weighted by Crippen LogP contribution is 2.47. The number of amides is 2. The Balaban J connectivity index is 1.61. The van der Waals surface area contributed by atoms with Gasteiger partial charge in [0.05, 0.1) is 12.6 Å². The molecule has 0 saturated carbocycles. The highest BCUT2D eigenvalue weighted by atomic mass is 32.2. The van der Waals surface area contributed by atoms with Gasteiger partial charge in [0.1, 0.15) is 5.37 Å². The van der Waals surface area contributed by atoms with Gasteiger partial charge in [-0.05, 0) is 11.1 Å². The molecule has 24 heavy (non-hydrogen) atoms. The molecule has 0 radical (unpaired) electrons. The molecule has 2 aliphatic heterocycles. The molecule has 2 amide bonds. The molecule has 0 aromatic heterocycles. The van der Waals surface area contributed by atoms with Crippen molar-refractivity contribution in [3.05, 3.63) is 71.8 Å². The zero-order valence-electron chi connectivity index (χ0n) is 13.5. The monoisotopic (exact) mass is 340 g/mol. The van der Waals surface area contributed by atoms with Crippen LogP contribution in [0, 0.1) is 0 Å². The number of carbonyl (C=O) groups is 1. The van der Waals surface area contributed by atoms with Gasteiger partial charge < -0.3 is 9.64 Å². The van der Waals surface area contributed by atoms with Crippen LogP contribution >= 0.6 is 11.8 Å². The standard InChI is InChI=1S/C19H20N2O2S/c1-23-17-16-13-24-18(15-10-6-3-7-11-15)21(16)19(22)20(17)12-14-8-4-2-5-9-14/h2-11,16-18H,12-13H2,1H3/t16-,17?,18?/m0/s1. The molecule has 2 aromatic rings. The molecule has 2 saturated heterocycles. The number of urea groups is 1. The molecule has 2 unspecified atom stereocenters. The van der Waals surface area contributed by atoms with Crippen molar-refractivity contribution >= 4 is 17.8 Å². The molecular weight excluding hydrogens is 320 g/mol. The zero-order chi connectivity index (χ0) is 16.5. The first-order valence-corrected chi connectivity index (χ1v) is 9.16. The largest absolute Gasteiger partial charge is 0.359 e. The first-order chi connectivity index (χ1) is 11.8. The fourth-order valence-corrected chi connectivity index (χ4v) is 5.01. The number of nitrogens with zero attached hydrogens (tertiary/aromatic N) is 2. The molecular formula is C19H20N2O2S. The Labute approximate surface area is 146 Å². The van der Waals surface area contributed by atoms with Crippen molar-refractivity contribution in [1.82, 2.24) is 9.80 Å². The van der Waals surface area contributed by atoms with Gasteiger partial charge in [-0.3, -0.25) is 4.90 Å². The topological polar surface area (TPSA) is 32.8 Å². The van der Waals surface area contributed by atoms with Crippen LogP contribution in [0.4, 0.5) is 4.79 Å². The smallest absolute Gasteiger partial charge is 0.324 e. The Morgan fingerprint density at radius 2 is 1.75 bits per heavy atom. The molecule has 4 rings (SSSR count). The number of carbonyl (C=O) groups excluding carboxylic acids is 1. The summed E-state index contributed by atoms with van der Waals surface area (Å²) in [5, 5.41) is 0.0714. The maximum atomic E-state index is 13.1. The van der Waals surface area contributed by atoms with Crippen LogP contribution in [0.25, 0.3) is 0 Å². The number of fused-ring (bicyclic) bond motifs is 1. The molecule has 0 bridgehead atoms. The predicted octanol–water partition coefficient (Wildman–Crippen LogP) is 3.71. The van der Waals surface area contributed by atoms with Gasteiger partial charge in [-0.25, -0.2) is 4.79 Å². The van der Waals surface area contributed by atoms with Crippen molar-refractivity contribution < 1.29 is 9.53 Å². The van der Waals surface area contributed by atoms with E-state index in [-0.39, 0.29) is 23.7 Å². The van der Waals surface area contributed by atoms with Crippen LogP contribution in [0.1, 0.15) is 16.5 Å². The van der Waals surface area contributed by atoms with E-state index >= 15 is 0 Å². The maximum Gasteiger partial charge on any atom is 0.324 e. The molecule has 2 fully saturated rings. The summed E-state index contributed by atoms with van der Waals surface area (Å²) < 4.78 is 5.71. The minimum absolute atomic E-state index is 0.0644. The average molecular weight is 340 g/mol. The average Bonchev–Trinajstić information content (AvgIpc) is 3.17. The van der Waals surface area contributed by atoms with Crippen molar-refractivity contribution in [3.8, 4) is 0 Å². The second kappa shape index (κ2) is 6.49. The molecule has 5 heteroatoms. The van der Waals surface area contributed by atoms with Gasteiger partial charge in [0, 0.05) is 12.9 Å². The summed E-state index contributed by atoms with van der Waals surface area (Å²) in [6, 6.07) is 20.5. The molecule has 124 valence electrons. The Hall–Kier alpha value is -1.98. The van der Waals surface area contributed by atoms with Crippen molar-refractivity contribution in [3.63, 3.8) is 0 Å². The number of thioether (sulfide) groups is 1. The predicted molar refractivity (Wildman–Crippen MR) is 95.4 cm³/mol. The first kappa shape index (κ1) is 15.5. The normalized spacial score (nSPS) is 26.0. The Morgan fingerprint density at radius 1 is 1.08 bits per heavy atom. The lowest BCUT2D eigenvalue weighted by Gasteiger charge is -2.25. The van der Waals surface area contributed by atoms with E-state index in [0.717, 1.165) is 11.3 Å². The minimum Gasteiger partial charge on any atom is -0.359 e. The zero-order valence-corrected chi connectivity index (χ0v) is 14.4. The van der Waals surface area contributed by atoms with E-state index in [2.05, 4.69) is 12.1 Å². The molecule has 0 spiro atoms. The Morgan fingerprint density at radius 3 is 2.42 bits per heavy atom. The number of hydrogen-bond acceptors (Lipinski definition) is 3. The third-order valence-electron chi connectivity index (χ3n) is 4.66. The molecule has 4 nitrogen and oxygen atoms in total. The van der Waals surface area contributed by atoms with Crippen LogP contribution < -0.4 is 0 Å². The van der Waals surface area contributed by atoms with Crippen LogP contribution in [0.2, 0.25) is 0 Å². The van der Waals surface area contributed by atoms with Crippen LogP contribution in [-0.4, -0.2) is 41.0 Å². The Bertz CT molecular complexity index is 710.